The molecule has 1 N–H and O–H groups in total. The van der Waals surface area contributed by atoms with E-state index in [4.69, 9.17) is 9.73 Å². The zero-order valence-electron chi connectivity index (χ0n) is 17.6. The van der Waals surface area contributed by atoms with E-state index in [1.807, 2.05) is 0 Å². The number of rotatable bonds is 4. The molecule has 160 valence electrons. The van der Waals surface area contributed by atoms with Gasteiger partial charge in [0.2, 0.25) is 0 Å². The SMILES string of the molecule is CCN=C(NC1C2CCOC2C12CCCC2)N1CCC(CN2CCCC2)C1.I. The van der Waals surface area contributed by atoms with E-state index in [2.05, 4.69) is 22.0 Å². The molecule has 0 aromatic heterocycles. The monoisotopic (exact) mass is 502 g/mol. The molecule has 6 heteroatoms. The van der Waals surface area contributed by atoms with Gasteiger partial charge in [-0.25, -0.2) is 0 Å². The van der Waals surface area contributed by atoms with Crippen LogP contribution in [0.15, 0.2) is 4.99 Å². The standard InChI is InChI=1S/C22H38N4O.HI/c1-2-23-21(26-13-7-17(16-26)15-25-11-5-6-12-25)24-19-18-8-14-27-20(18)22(19)9-3-4-10-22;/h17-20H,2-16H2,1H3,(H,23,24);1H. The molecule has 3 aliphatic heterocycles. The highest BCUT2D eigenvalue weighted by Crippen LogP contribution is 2.60. The average Bonchev–Trinajstić information content (AvgIpc) is 3.46. The van der Waals surface area contributed by atoms with Crippen LogP contribution in [0.3, 0.4) is 0 Å². The summed E-state index contributed by atoms with van der Waals surface area (Å²) in [5.74, 6) is 2.73. The van der Waals surface area contributed by atoms with Crippen molar-refractivity contribution in [3.8, 4) is 0 Å². The molecule has 5 nitrogen and oxygen atoms in total. The first-order valence-corrected chi connectivity index (χ1v) is 11.7. The van der Waals surface area contributed by atoms with E-state index in [0.717, 1.165) is 19.1 Å². The molecule has 28 heavy (non-hydrogen) atoms. The third kappa shape index (κ3) is 3.70. The molecule has 4 atom stereocenters. The maximum atomic E-state index is 6.18. The number of nitrogens with one attached hydrogen (secondary N) is 1. The quantitative estimate of drug-likeness (QED) is 0.364. The Morgan fingerprint density at radius 3 is 2.64 bits per heavy atom. The molecule has 5 rings (SSSR count). The molecule has 5 aliphatic rings. The van der Waals surface area contributed by atoms with E-state index in [9.17, 15) is 0 Å². The fourth-order valence-corrected chi connectivity index (χ4v) is 6.93. The molecule has 4 unspecified atom stereocenters. The molecule has 0 amide bonds. The van der Waals surface area contributed by atoms with Crippen molar-refractivity contribution in [3.63, 3.8) is 0 Å². The third-order valence-electron chi connectivity index (χ3n) is 8.18. The number of fused-ring (bicyclic) bond motifs is 2. The molecule has 3 saturated heterocycles. The summed E-state index contributed by atoms with van der Waals surface area (Å²) in [5.41, 5.74) is 0.407. The molecule has 0 bridgehead atoms. The topological polar surface area (TPSA) is 40.1 Å². The van der Waals surface area contributed by atoms with Gasteiger partial charge in [0.25, 0.3) is 0 Å². The Labute approximate surface area is 188 Å². The van der Waals surface area contributed by atoms with Gasteiger partial charge in [-0.3, -0.25) is 4.99 Å². The van der Waals surface area contributed by atoms with Crippen LogP contribution in [0.1, 0.15) is 58.3 Å². The van der Waals surface area contributed by atoms with Crippen LogP contribution < -0.4 is 5.32 Å². The van der Waals surface area contributed by atoms with E-state index < -0.39 is 0 Å². The van der Waals surface area contributed by atoms with Gasteiger partial charge in [0.15, 0.2) is 5.96 Å². The first kappa shape index (κ1) is 21.2. The first-order valence-electron chi connectivity index (χ1n) is 11.7. The second-order valence-electron chi connectivity index (χ2n) is 9.71. The summed E-state index contributed by atoms with van der Waals surface area (Å²) in [6.45, 7) is 10.3. The lowest BCUT2D eigenvalue weighted by molar-refractivity contribution is -0.125. The van der Waals surface area contributed by atoms with Gasteiger partial charge in [-0.1, -0.05) is 12.8 Å². The largest absolute Gasteiger partial charge is 0.377 e. The van der Waals surface area contributed by atoms with Gasteiger partial charge in [0.05, 0.1) is 6.10 Å². The Balaban J connectivity index is 0.00000192. The second kappa shape index (κ2) is 8.96. The Hall–Kier alpha value is -0.0800. The highest BCUT2D eigenvalue weighted by Gasteiger charge is 2.65. The van der Waals surface area contributed by atoms with Crippen molar-refractivity contribution in [1.29, 1.82) is 0 Å². The van der Waals surface area contributed by atoms with E-state index in [-0.39, 0.29) is 24.0 Å². The fourth-order valence-electron chi connectivity index (χ4n) is 6.93. The lowest BCUT2D eigenvalue weighted by Gasteiger charge is -2.57. The van der Waals surface area contributed by atoms with Crippen LogP contribution in [-0.2, 0) is 4.74 Å². The Morgan fingerprint density at radius 2 is 1.89 bits per heavy atom. The second-order valence-corrected chi connectivity index (χ2v) is 9.71. The van der Waals surface area contributed by atoms with Gasteiger partial charge >= 0.3 is 0 Å². The van der Waals surface area contributed by atoms with Gasteiger partial charge in [-0.05, 0) is 64.5 Å². The summed E-state index contributed by atoms with van der Waals surface area (Å²) in [4.78, 5) is 10.2. The highest BCUT2D eigenvalue weighted by molar-refractivity contribution is 14.0. The fraction of sp³-hybridized carbons (Fsp3) is 0.955. The number of hydrogen-bond acceptors (Lipinski definition) is 3. The summed E-state index contributed by atoms with van der Waals surface area (Å²) in [6.07, 6.45) is 11.4. The number of halogens is 1. The van der Waals surface area contributed by atoms with E-state index in [1.165, 1.54) is 90.0 Å². The summed E-state index contributed by atoms with van der Waals surface area (Å²) >= 11 is 0. The molecule has 2 saturated carbocycles. The molecular formula is C22H39IN4O. The molecular weight excluding hydrogens is 463 g/mol. The van der Waals surface area contributed by atoms with Crippen molar-refractivity contribution in [3.05, 3.63) is 0 Å². The van der Waals surface area contributed by atoms with Crippen LogP contribution >= 0.6 is 24.0 Å². The van der Waals surface area contributed by atoms with Crippen molar-refractivity contribution < 1.29 is 4.74 Å². The molecule has 5 fully saturated rings. The molecule has 0 aromatic carbocycles. The van der Waals surface area contributed by atoms with Crippen LogP contribution in [0.2, 0.25) is 0 Å². The van der Waals surface area contributed by atoms with Crippen LogP contribution in [0.5, 0.6) is 0 Å². The summed E-state index contributed by atoms with van der Waals surface area (Å²) in [6, 6.07) is 0.593. The van der Waals surface area contributed by atoms with E-state index >= 15 is 0 Å². The van der Waals surface area contributed by atoms with Crippen molar-refractivity contribution >= 4 is 29.9 Å². The molecule has 3 heterocycles. The van der Waals surface area contributed by atoms with E-state index in [1.54, 1.807) is 0 Å². The Morgan fingerprint density at radius 1 is 1.11 bits per heavy atom. The zero-order valence-corrected chi connectivity index (χ0v) is 19.9. The third-order valence-corrected chi connectivity index (χ3v) is 8.18. The Bertz CT molecular complexity index is 559. The minimum absolute atomic E-state index is 0. The van der Waals surface area contributed by atoms with Crippen LogP contribution in [-0.4, -0.2) is 73.8 Å². The zero-order chi connectivity index (χ0) is 18.3. The Kier molecular flexibility index (Phi) is 6.77. The van der Waals surface area contributed by atoms with Crippen LogP contribution in [0.4, 0.5) is 0 Å². The highest BCUT2D eigenvalue weighted by atomic mass is 127. The van der Waals surface area contributed by atoms with Gasteiger partial charge < -0.3 is 19.9 Å². The van der Waals surface area contributed by atoms with Crippen molar-refractivity contribution in [2.24, 2.45) is 22.2 Å². The predicted molar refractivity (Wildman–Crippen MR) is 124 cm³/mol. The number of guanidine groups is 1. The number of aliphatic imine (C=N–C) groups is 1. The number of nitrogens with zero attached hydrogens (tertiary/aromatic N) is 3. The van der Waals surface area contributed by atoms with Gasteiger partial charge in [0.1, 0.15) is 0 Å². The number of hydrogen-bond donors (Lipinski definition) is 1. The number of likely N-dealkylation sites (tertiary alicyclic amines) is 2. The lowest BCUT2D eigenvalue weighted by Crippen LogP contribution is -2.69. The van der Waals surface area contributed by atoms with E-state index in [0.29, 0.717) is 23.5 Å². The summed E-state index contributed by atoms with van der Waals surface area (Å²) < 4.78 is 6.18. The first-order chi connectivity index (χ1) is 13.3. The van der Waals surface area contributed by atoms with Gasteiger partial charge in [-0.2, -0.15) is 0 Å². The lowest BCUT2D eigenvalue weighted by atomic mass is 9.54. The number of ether oxygens (including phenoxy) is 1. The molecule has 1 spiro atoms. The summed E-state index contributed by atoms with van der Waals surface area (Å²) in [7, 11) is 0. The van der Waals surface area contributed by atoms with Crippen LogP contribution in [0, 0.1) is 17.3 Å². The maximum Gasteiger partial charge on any atom is 0.194 e. The van der Waals surface area contributed by atoms with Crippen molar-refractivity contribution in [1.82, 2.24) is 15.1 Å². The smallest absolute Gasteiger partial charge is 0.194 e. The minimum atomic E-state index is 0. The van der Waals surface area contributed by atoms with Crippen LogP contribution in [0.25, 0.3) is 0 Å². The van der Waals surface area contributed by atoms with Crippen molar-refractivity contribution in [2.45, 2.75) is 70.4 Å². The predicted octanol–water partition coefficient (Wildman–Crippen LogP) is 3.34. The van der Waals surface area contributed by atoms with Gasteiger partial charge in [-0.15, -0.1) is 24.0 Å². The molecule has 2 aliphatic carbocycles. The summed E-state index contributed by atoms with van der Waals surface area (Å²) in [5, 5.41) is 4.00. The van der Waals surface area contributed by atoms with Gasteiger partial charge in [0, 0.05) is 50.2 Å². The average molecular weight is 502 g/mol. The normalized spacial score (nSPS) is 37.2. The molecule has 0 aromatic rings. The van der Waals surface area contributed by atoms with Crippen molar-refractivity contribution in [2.75, 3.05) is 45.9 Å². The minimum Gasteiger partial charge on any atom is -0.377 e. The molecule has 0 radical (unpaired) electrons. The maximum absolute atomic E-state index is 6.18.